The molecule has 2 N–H and O–H groups in total. The molecule has 0 bridgehead atoms. The van der Waals surface area contributed by atoms with Gasteiger partial charge < -0.3 is 24.6 Å². The first-order valence-electron chi connectivity index (χ1n) is 11.5. The fraction of sp³-hybridized carbons (Fsp3) is 0.583. The molecule has 3 heterocycles. The fourth-order valence-corrected chi connectivity index (χ4v) is 5.01. The molecule has 5 rings (SSSR count). The highest BCUT2D eigenvalue weighted by Crippen LogP contribution is 2.45. The number of hydrogen-bond acceptors (Lipinski definition) is 6. The number of hydrogen-bond donors (Lipinski definition) is 2. The van der Waals surface area contributed by atoms with Gasteiger partial charge in [0.25, 0.3) is 0 Å². The molecule has 0 saturated carbocycles. The SMILES string of the molecule is CC(C)Oc1ccccc1N1CCN(CCCn2c(O)c3c(c2O)CC2OC2C3)CC1. The highest BCUT2D eigenvalue weighted by Gasteiger charge is 2.46. The minimum absolute atomic E-state index is 0.160. The number of anilines is 1. The van der Waals surface area contributed by atoms with Crippen LogP contribution in [0.4, 0.5) is 5.69 Å². The molecule has 7 nitrogen and oxygen atoms in total. The van der Waals surface area contributed by atoms with Crippen LogP contribution in [0.15, 0.2) is 24.3 Å². The summed E-state index contributed by atoms with van der Waals surface area (Å²) in [6, 6.07) is 8.28. The predicted molar refractivity (Wildman–Crippen MR) is 119 cm³/mol. The average molecular weight is 428 g/mol. The average Bonchev–Trinajstić information content (AvgIpc) is 3.50. The van der Waals surface area contributed by atoms with E-state index in [1.807, 2.05) is 12.1 Å². The highest BCUT2D eigenvalue weighted by molar-refractivity contribution is 5.58. The van der Waals surface area contributed by atoms with Crippen LogP contribution >= 0.6 is 0 Å². The number of epoxide rings is 1. The second-order valence-corrected chi connectivity index (χ2v) is 9.19. The van der Waals surface area contributed by atoms with E-state index in [0.29, 0.717) is 6.54 Å². The molecule has 2 saturated heterocycles. The van der Waals surface area contributed by atoms with Crippen molar-refractivity contribution in [2.75, 3.05) is 37.6 Å². The van der Waals surface area contributed by atoms with Crippen molar-refractivity contribution < 1.29 is 19.7 Å². The van der Waals surface area contributed by atoms with Gasteiger partial charge in [-0.25, -0.2) is 0 Å². The Hall–Kier alpha value is -2.38. The van der Waals surface area contributed by atoms with E-state index in [1.54, 1.807) is 4.57 Å². The summed E-state index contributed by atoms with van der Waals surface area (Å²) in [6.07, 6.45) is 2.97. The molecule has 2 aliphatic heterocycles. The molecular weight excluding hydrogens is 394 g/mol. The molecule has 2 fully saturated rings. The van der Waals surface area contributed by atoms with Crippen molar-refractivity contribution >= 4 is 5.69 Å². The number of ether oxygens (including phenoxy) is 2. The first-order chi connectivity index (χ1) is 15.0. The third kappa shape index (κ3) is 4.08. The van der Waals surface area contributed by atoms with E-state index in [2.05, 4.69) is 35.8 Å². The van der Waals surface area contributed by atoms with Crippen LogP contribution in [-0.2, 0) is 24.1 Å². The van der Waals surface area contributed by atoms with E-state index in [4.69, 9.17) is 9.47 Å². The first kappa shape index (κ1) is 20.5. The molecule has 0 radical (unpaired) electrons. The van der Waals surface area contributed by atoms with Gasteiger partial charge in [-0.2, -0.15) is 0 Å². The number of benzene rings is 1. The summed E-state index contributed by atoms with van der Waals surface area (Å²) in [5, 5.41) is 21.2. The van der Waals surface area contributed by atoms with Crippen LogP contribution in [0.2, 0.25) is 0 Å². The third-order valence-electron chi connectivity index (χ3n) is 6.71. The summed E-state index contributed by atoms with van der Waals surface area (Å²) in [5.41, 5.74) is 2.94. The minimum atomic E-state index is 0.160. The van der Waals surface area contributed by atoms with E-state index < -0.39 is 0 Å². The zero-order chi connectivity index (χ0) is 21.5. The van der Waals surface area contributed by atoms with Gasteiger partial charge in [-0.15, -0.1) is 0 Å². The number of para-hydroxylation sites is 2. The molecule has 2 atom stereocenters. The smallest absolute Gasteiger partial charge is 0.197 e. The summed E-state index contributed by atoms with van der Waals surface area (Å²) in [4.78, 5) is 4.86. The van der Waals surface area contributed by atoms with Gasteiger partial charge >= 0.3 is 0 Å². The molecule has 31 heavy (non-hydrogen) atoms. The van der Waals surface area contributed by atoms with Gasteiger partial charge in [0.2, 0.25) is 0 Å². The number of fused-ring (bicyclic) bond motifs is 2. The minimum Gasteiger partial charge on any atom is -0.494 e. The zero-order valence-electron chi connectivity index (χ0n) is 18.5. The number of aromatic nitrogens is 1. The Balaban J connectivity index is 1.14. The van der Waals surface area contributed by atoms with Gasteiger partial charge in [0.05, 0.1) is 24.0 Å². The number of aromatic hydroxyl groups is 2. The third-order valence-corrected chi connectivity index (χ3v) is 6.71. The van der Waals surface area contributed by atoms with Crippen molar-refractivity contribution in [1.82, 2.24) is 9.47 Å². The van der Waals surface area contributed by atoms with Crippen LogP contribution in [0.3, 0.4) is 0 Å². The summed E-state index contributed by atoms with van der Waals surface area (Å²) in [7, 11) is 0. The largest absolute Gasteiger partial charge is 0.494 e. The number of nitrogens with zero attached hydrogens (tertiary/aromatic N) is 3. The second kappa shape index (κ2) is 8.28. The lowest BCUT2D eigenvalue weighted by Gasteiger charge is -2.37. The van der Waals surface area contributed by atoms with Gasteiger partial charge in [0, 0.05) is 56.7 Å². The maximum atomic E-state index is 10.6. The van der Waals surface area contributed by atoms with Crippen LogP contribution < -0.4 is 9.64 Å². The zero-order valence-corrected chi connectivity index (χ0v) is 18.5. The summed E-state index contributed by atoms with van der Waals surface area (Å²) >= 11 is 0. The van der Waals surface area contributed by atoms with Crippen molar-refractivity contribution in [3.05, 3.63) is 35.4 Å². The molecule has 2 aromatic rings. The topological polar surface area (TPSA) is 73.6 Å². The van der Waals surface area contributed by atoms with Gasteiger partial charge in [-0.3, -0.25) is 9.47 Å². The standard InChI is InChI=1S/C24H33N3O4/c1-16(2)30-20-7-4-3-6-19(20)26-12-10-25(11-13-26)8-5-9-27-23(28)17-14-21-22(31-21)15-18(17)24(27)29/h3-4,6-7,16,21-22,28-29H,5,8-15H2,1-2H3. The van der Waals surface area contributed by atoms with Crippen LogP contribution in [0.5, 0.6) is 17.5 Å². The predicted octanol–water partition coefficient (Wildman–Crippen LogP) is 2.76. The van der Waals surface area contributed by atoms with Gasteiger partial charge in [-0.05, 0) is 38.9 Å². The van der Waals surface area contributed by atoms with Crippen molar-refractivity contribution in [3.8, 4) is 17.5 Å². The molecule has 168 valence electrons. The Labute approximate surface area is 183 Å². The Morgan fingerprint density at radius 1 is 0.968 bits per heavy atom. The number of piperazine rings is 1. The molecule has 3 aliphatic rings. The van der Waals surface area contributed by atoms with Crippen molar-refractivity contribution in [2.24, 2.45) is 0 Å². The van der Waals surface area contributed by atoms with Gasteiger partial charge in [0.15, 0.2) is 11.8 Å². The molecule has 1 aromatic heterocycles. The van der Waals surface area contributed by atoms with E-state index in [9.17, 15) is 10.2 Å². The van der Waals surface area contributed by atoms with Crippen molar-refractivity contribution in [2.45, 2.75) is 58.0 Å². The van der Waals surface area contributed by atoms with Crippen LogP contribution in [0.1, 0.15) is 31.4 Å². The van der Waals surface area contributed by atoms with E-state index in [1.165, 1.54) is 5.69 Å². The molecule has 0 amide bonds. The molecule has 1 aromatic carbocycles. The Morgan fingerprint density at radius 2 is 1.61 bits per heavy atom. The Kier molecular flexibility index (Phi) is 5.48. The molecular formula is C24H33N3O4. The van der Waals surface area contributed by atoms with Gasteiger partial charge in [0.1, 0.15) is 5.75 Å². The summed E-state index contributed by atoms with van der Waals surface area (Å²) in [5.74, 6) is 1.41. The summed E-state index contributed by atoms with van der Waals surface area (Å²) < 4.78 is 13.2. The van der Waals surface area contributed by atoms with Crippen LogP contribution in [0.25, 0.3) is 0 Å². The monoisotopic (exact) mass is 427 g/mol. The van der Waals surface area contributed by atoms with Crippen LogP contribution in [-0.4, -0.2) is 70.7 Å². The Bertz CT molecular complexity index is 900. The fourth-order valence-electron chi connectivity index (χ4n) is 5.01. The lowest BCUT2D eigenvalue weighted by Crippen LogP contribution is -2.46. The van der Waals surface area contributed by atoms with E-state index in [-0.39, 0.29) is 30.1 Å². The first-order valence-corrected chi connectivity index (χ1v) is 11.5. The quantitative estimate of drug-likeness (QED) is 0.662. The lowest BCUT2D eigenvalue weighted by atomic mass is 9.95. The van der Waals surface area contributed by atoms with Crippen molar-refractivity contribution in [3.63, 3.8) is 0 Å². The number of rotatable bonds is 7. The Morgan fingerprint density at radius 3 is 2.26 bits per heavy atom. The molecule has 2 unspecified atom stereocenters. The highest BCUT2D eigenvalue weighted by atomic mass is 16.6. The normalized spacial score (nSPS) is 23.0. The molecule has 1 aliphatic carbocycles. The molecule has 7 heteroatoms. The second-order valence-electron chi connectivity index (χ2n) is 9.19. The van der Waals surface area contributed by atoms with E-state index in [0.717, 1.165) is 68.9 Å². The van der Waals surface area contributed by atoms with Crippen molar-refractivity contribution in [1.29, 1.82) is 0 Å². The maximum Gasteiger partial charge on any atom is 0.197 e. The van der Waals surface area contributed by atoms with Gasteiger partial charge in [-0.1, -0.05) is 12.1 Å². The maximum absolute atomic E-state index is 10.6. The lowest BCUT2D eigenvalue weighted by molar-refractivity contribution is 0.235. The van der Waals surface area contributed by atoms with E-state index >= 15 is 0 Å². The van der Waals surface area contributed by atoms with Crippen LogP contribution in [0, 0.1) is 0 Å². The summed E-state index contributed by atoms with van der Waals surface area (Å²) in [6.45, 7) is 9.63. The molecule has 0 spiro atoms.